The summed E-state index contributed by atoms with van der Waals surface area (Å²) in [5.74, 6) is 0.646. The first kappa shape index (κ1) is 12.1. The van der Waals surface area contributed by atoms with Crippen molar-refractivity contribution in [2.24, 2.45) is 0 Å². The van der Waals surface area contributed by atoms with E-state index in [2.05, 4.69) is 15.3 Å². The van der Waals surface area contributed by atoms with Gasteiger partial charge in [0.05, 0.1) is 6.54 Å². The molecule has 6 nitrogen and oxygen atoms in total. The highest BCUT2D eigenvalue weighted by Gasteiger charge is 2.13. The molecule has 2 aromatic heterocycles. The van der Waals surface area contributed by atoms with Crippen molar-refractivity contribution in [3.05, 3.63) is 41.2 Å². The Balaban J connectivity index is 2.06. The van der Waals surface area contributed by atoms with Gasteiger partial charge in [-0.05, 0) is 19.9 Å². The molecule has 94 valence electrons. The SMILES string of the molecule is Cc1cc(NCc2cc(C(=O)O)c(C)o2)ncn1. The molecule has 0 aromatic carbocycles. The number of hydrogen-bond donors (Lipinski definition) is 2. The fraction of sp³-hybridized carbons (Fsp3) is 0.250. The molecule has 2 N–H and O–H groups in total. The number of nitrogens with one attached hydrogen (secondary N) is 1. The smallest absolute Gasteiger partial charge is 0.339 e. The summed E-state index contributed by atoms with van der Waals surface area (Å²) in [6, 6.07) is 3.31. The molecule has 0 saturated heterocycles. The molecule has 2 heterocycles. The second kappa shape index (κ2) is 4.87. The maximum Gasteiger partial charge on any atom is 0.339 e. The zero-order valence-corrected chi connectivity index (χ0v) is 10.1. The van der Waals surface area contributed by atoms with Crippen LogP contribution < -0.4 is 5.32 Å². The van der Waals surface area contributed by atoms with E-state index in [1.165, 1.54) is 12.4 Å². The molecule has 0 aliphatic carbocycles. The van der Waals surface area contributed by atoms with E-state index in [4.69, 9.17) is 9.52 Å². The number of rotatable bonds is 4. The van der Waals surface area contributed by atoms with E-state index in [1.54, 1.807) is 13.0 Å². The molecule has 2 rings (SSSR count). The van der Waals surface area contributed by atoms with Gasteiger partial charge in [0.25, 0.3) is 0 Å². The van der Waals surface area contributed by atoms with Crippen LogP contribution in [-0.4, -0.2) is 21.0 Å². The monoisotopic (exact) mass is 247 g/mol. The number of nitrogens with zero attached hydrogens (tertiary/aromatic N) is 2. The molecule has 0 aliphatic heterocycles. The predicted molar refractivity (Wildman–Crippen MR) is 64.5 cm³/mol. The average molecular weight is 247 g/mol. The minimum absolute atomic E-state index is 0.186. The van der Waals surface area contributed by atoms with Crippen molar-refractivity contribution in [3.63, 3.8) is 0 Å². The number of furan rings is 1. The van der Waals surface area contributed by atoms with Gasteiger partial charge in [0.15, 0.2) is 0 Å². The molecule has 0 radical (unpaired) electrons. The van der Waals surface area contributed by atoms with Crippen molar-refractivity contribution in [1.82, 2.24) is 9.97 Å². The van der Waals surface area contributed by atoms with Crippen LogP contribution >= 0.6 is 0 Å². The molecule has 2 aromatic rings. The molecule has 0 aliphatic rings. The van der Waals surface area contributed by atoms with Gasteiger partial charge in [-0.2, -0.15) is 0 Å². The number of aryl methyl sites for hydroxylation is 2. The van der Waals surface area contributed by atoms with Crippen molar-refractivity contribution < 1.29 is 14.3 Å². The van der Waals surface area contributed by atoms with Gasteiger partial charge in [-0.15, -0.1) is 0 Å². The first-order valence-electron chi connectivity index (χ1n) is 5.41. The Morgan fingerprint density at radius 1 is 1.39 bits per heavy atom. The Bertz CT molecular complexity index is 578. The quantitative estimate of drug-likeness (QED) is 0.859. The van der Waals surface area contributed by atoms with Crippen LogP contribution in [0.15, 0.2) is 22.9 Å². The normalized spacial score (nSPS) is 10.3. The Morgan fingerprint density at radius 3 is 2.78 bits per heavy atom. The van der Waals surface area contributed by atoms with E-state index in [0.717, 1.165) is 5.69 Å². The number of hydrogen-bond acceptors (Lipinski definition) is 5. The van der Waals surface area contributed by atoms with Gasteiger partial charge < -0.3 is 14.8 Å². The minimum Gasteiger partial charge on any atom is -0.478 e. The first-order chi connectivity index (χ1) is 8.56. The minimum atomic E-state index is -0.986. The average Bonchev–Trinajstić information content (AvgIpc) is 2.68. The van der Waals surface area contributed by atoms with Crippen molar-refractivity contribution in [2.45, 2.75) is 20.4 Å². The molecule has 0 bridgehead atoms. The second-order valence-corrected chi connectivity index (χ2v) is 3.89. The van der Waals surface area contributed by atoms with Crippen LogP contribution in [0.1, 0.15) is 27.6 Å². The second-order valence-electron chi connectivity index (χ2n) is 3.89. The Morgan fingerprint density at radius 2 is 2.17 bits per heavy atom. The maximum absolute atomic E-state index is 10.9. The van der Waals surface area contributed by atoms with E-state index in [9.17, 15) is 4.79 Å². The molecule has 0 unspecified atom stereocenters. The van der Waals surface area contributed by atoms with Gasteiger partial charge in [0.1, 0.15) is 29.2 Å². The highest BCUT2D eigenvalue weighted by atomic mass is 16.4. The fourth-order valence-electron chi connectivity index (χ4n) is 1.57. The third-order valence-electron chi connectivity index (χ3n) is 2.45. The van der Waals surface area contributed by atoms with Gasteiger partial charge >= 0.3 is 5.97 Å². The Labute approximate surface area is 104 Å². The number of carbonyl (C=O) groups is 1. The summed E-state index contributed by atoms with van der Waals surface area (Å²) in [6.07, 6.45) is 1.47. The molecule has 0 spiro atoms. The van der Waals surface area contributed by atoms with Crippen LogP contribution in [0.25, 0.3) is 0 Å². The van der Waals surface area contributed by atoms with Crippen LogP contribution in [0.4, 0.5) is 5.82 Å². The summed E-state index contributed by atoms with van der Waals surface area (Å²) in [4.78, 5) is 18.9. The largest absolute Gasteiger partial charge is 0.478 e. The number of aromatic nitrogens is 2. The van der Waals surface area contributed by atoms with Crippen LogP contribution in [0, 0.1) is 13.8 Å². The van der Waals surface area contributed by atoms with Gasteiger partial charge in [-0.3, -0.25) is 0 Å². The zero-order chi connectivity index (χ0) is 13.1. The Hall–Kier alpha value is -2.37. The summed E-state index contributed by atoms with van der Waals surface area (Å²) < 4.78 is 5.34. The van der Waals surface area contributed by atoms with Crippen LogP contribution in [0.5, 0.6) is 0 Å². The molecule has 0 amide bonds. The molecule has 0 saturated carbocycles. The zero-order valence-electron chi connectivity index (χ0n) is 10.1. The molecular formula is C12H13N3O3. The van der Waals surface area contributed by atoms with Crippen molar-refractivity contribution in [3.8, 4) is 0 Å². The maximum atomic E-state index is 10.9. The highest BCUT2D eigenvalue weighted by Crippen LogP contribution is 2.15. The summed E-state index contributed by atoms with van der Waals surface area (Å²) in [6.45, 7) is 3.87. The van der Waals surface area contributed by atoms with Crippen molar-refractivity contribution in [1.29, 1.82) is 0 Å². The van der Waals surface area contributed by atoms with Gasteiger partial charge in [0, 0.05) is 11.8 Å². The lowest BCUT2D eigenvalue weighted by Gasteiger charge is -2.02. The number of carboxylic acid groups (broad SMARTS) is 1. The Kier molecular flexibility index (Phi) is 3.27. The molecule has 0 fully saturated rings. The van der Waals surface area contributed by atoms with E-state index in [1.807, 2.05) is 6.92 Å². The van der Waals surface area contributed by atoms with Crippen molar-refractivity contribution in [2.75, 3.05) is 5.32 Å². The van der Waals surface area contributed by atoms with Crippen LogP contribution in [-0.2, 0) is 6.54 Å². The number of carboxylic acids is 1. The fourth-order valence-corrected chi connectivity index (χ4v) is 1.57. The summed E-state index contributed by atoms with van der Waals surface area (Å²) in [7, 11) is 0. The lowest BCUT2D eigenvalue weighted by Crippen LogP contribution is -2.01. The molecule has 18 heavy (non-hydrogen) atoms. The van der Waals surface area contributed by atoms with E-state index < -0.39 is 5.97 Å². The number of anilines is 1. The third kappa shape index (κ3) is 2.65. The molecular weight excluding hydrogens is 234 g/mol. The standard InChI is InChI=1S/C12H13N3O3/c1-7-3-11(15-6-14-7)13-5-9-4-10(12(16)17)8(2)18-9/h3-4,6H,5H2,1-2H3,(H,16,17)(H,13,14,15). The van der Waals surface area contributed by atoms with Crippen LogP contribution in [0.3, 0.4) is 0 Å². The lowest BCUT2D eigenvalue weighted by molar-refractivity contribution is 0.0695. The number of aromatic carboxylic acids is 1. The van der Waals surface area contributed by atoms with Gasteiger partial charge in [0.2, 0.25) is 0 Å². The van der Waals surface area contributed by atoms with Gasteiger partial charge in [-0.25, -0.2) is 14.8 Å². The van der Waals surface area contributed by atoms with E-state index in [-0.39, 0.29) is 5.56 Å². The summed E-state index contributed by atoms with van der Waals surface area (Å²) >= 11 is 0. The lowest BCUT2D eigenvalue weighted by atomic mass is 10.2. The van der Waals surface area contributed by atoms with E-state index in [0.29, 0.717) is 23.9 Å². The van der Waals surface area contributed by atoms with Crippen LogP contribution in [0.2, 0.25) is 0 Å². The summed E-state index contributed by atoms with van der Waals surface area (Å²) in [5.41, 5.74) is 1.04. The summed E-state index contributed by atoms with van der Waals surface area (Å²) in [5, 5.41) is 11.9. The first-order valence-corrected chi connectivity index (χ1v) is 5.41. The van der Waals surface area contributed by atoms with Crippen molar-refractivity contribution >= 4 is 11.8 Å². The third-order valence-corrected chi connectivity index (χ3v) is 2.45. The van der Waals surface area contributed by atoms with Gasteiger partial charge in [-0.1, -0.05) is 0 Å². The highest BCUT2D eigenvalue weighted by molar-refractivity contribution is 5.88. The predicted octanol–water partition coefficient (Wildman–Crippen LogP) is 2.00. The molecule has 0 atom stereocenters. The molecule has 6 heteroatoms. The topological polar surface area (TPSA) is 88.2 Å². The van der Waals surface area contributed by atoms with E-state index >= 15 is 0 Å².